The van der Waals surface area contributed by atoms with E-state index in [4.69, 9.17) is 0 Å². The molecule has 0 saturated heterocycles. The minimum Gasteiger partial charge on any atom is -0.344 e. The summed E-state index contributed by atoms with van der Waals surface area (Å²) in [5.74, 6) is 0. The molecule has 0 aromatic rings. The van der Waals surface area contributed by atoms with Gasteiger partial charge in [-0.2, -0.15) is 0 Å². The lowest BCUT2D eigenvalue weighted by atomic mass is 10.8. The first-order valence-corrected chi connectivity index (χ1v) is 3.00. The van der Waals surface area contributed by atoms with Gasteiger partial charge in [0.05, 0.1) is 0 Å². The van der Waals surface area contributed by atoms with E-state index >= 15 is 0 Å². The normalized spacial score (nSPS) is 1.80. The molecule has 0 rings (SSSR count). The Kier molecular flexibility index (Phi) is 13400. The quantitative estimate of drug-likeness (QED) is 0.388. The summed E-state index contributed by atoms with van der Waals surface area (Å²) in [5, 5.41) is 0. The maximum atomic E-state index is 2.14. The Morgan fingerprint density at radius 2 is 1.00 bits per heavy atom. The van der Waals surface area contributed by atoms with Crippen LogP contribution in [0.2, 0.25) is 6.55 Å². The van der Waals surface area contributed by atoms with E-state index in [1.165, 1.54) is 10.2 Å². The van der Waals surface area contributed by atoms with Crippen LogP contribution in [0.25, 0.3) is 0 Å². The van der Waals surface area contributed by atoms with Crippen LogP contribution in [0.1, 0.15) is 0 Å². The molecule has 5 heavy (non-hydrogen) atoms. The standard InChI is InChI=1S/CH6Si.B.2H3N/c1-2;;;/h1-2H3;;2*1H3. The predicted octanol–water partition coefficient (Wildman–Crippen LogP) is -0.657. The second kappa shape index (κ2) is 1060. The van der Waals surface area contributed by atoms with Gasteiger partial charge >= 0.3 is 0 Å². The molecule has 6 N–H and O–H groups in total. The van der Waals surface area contributed by atoms with Crippen LogP contribution in [0, 0.1) is 0 Å². The summed E-state index contributed by atoms with van der Waals surface area (Å²) in [6.07, 6.45) is 0. The molecule has 0 spiro atoms. The molecule has 0 aliphatic carbocycles. The summed E-state index contributed by atoms with van der Waals surface area (Å²) in [6.45, 7) is 2.14. The monoisotopic (exact) mass is 91.1 g/mol. The van der Waals surface area contributed by atoms with E-state index in [1.54, 1.807) is 0 Å². The van der Waals surface area contributed by atoms with E-state index < -0.39 is 0 Å². The van der Waals surface area contributed by atoms with Gasteiger partial charge < -0.3 is 12.3 Å². The molecule has 0 amide bonds. The van der Waals surface area contributed by atoms with Crippen LogP contribution in [0.15, 0.2) is 0 Å². The van der Waals surface area contributed by atoms with E-state index in [0.717, 1.165) is 0 Å². The first-order valence-electron chi connectivity index (χ1n) is 1.00. The maximum absolute atomic E-state index is 2.14. The fourth-order valence-electron chi connectivity index (χ4n) is 0. The first-order chi connectivity index (χ1) is 1.00. The lowest BCUT2D eigenvalue weighted by Gasteiger charge is -1.04. The summed E-state index contributed by atoms with van der Waals surface area (Å²) in [7, 11) is 1.31. The van der Waals surface area contributed by atoms with Gasteiger partial charge in [-0.3, -0.25) is 0 Å². The Morgan fingerprint density at radius 3 is 1.00 bits per heavy atom. The minimum atomic E-state index is 0. The zero-order valence-corrected chi connectivity index (χ0v) is 5.99. The highest BCUT2D eigenvalue weighted by atomic mass is 28.1. The van der Waals surface area contributed by atoms with Crippen molar-refractivity contribution in [1.82, 2.24) is 12.3 Å². The van der Waals surface area contributed by atoms with Gasteiger partial charge in [0.1, 0.15) is 0 Å². The summed E-state index contributed by atoms with van der Waals surface area (Å²) in [6, 6.07) is 0. The third-order valence-corrected chi connectivity index (χ3v) is 0. The fraction of sp³-hybridized carbons (Fsp3) is 1.00. The molecular formula is CH12BN2Si. The molecule has 0 fully saturated rings. The molecule has 33 valence electrons. The third kappa shape index (κ3) is 500. The molecule has 0 unspecified atom stereocenters. The Morgan fingerprint density at radius 1 is 1.00 bits per heavy atom. The van der Waals surface area contributed by atoms with Gasteiger partial charge in [-0.25, -0.2) is 0 Å². The SMILES string of the molecule is C[SiH3].N.N.[B]. The zero-order chi connectivity index (χ0) is 2.00. The molecule has 0 bridgehead atoms. The number of rotatable bonds is 0. The molecular weight excluding hydrogens is 78.9 g/mol. The van der Waals surface area contributed by atoms with Crippen molar-refractivity contribution in [3.05, 3.63) is 0 Å². The van der Waals surface area contributed by atoms with Crippen LogP contribution in [0.4, 0.5) is 0 Å². The van der Waals surface area contributed by atoms with Crippen LogP contribution in [-0.4, -0.2) is 18.7 Å². The van der Waals surface area contributed by atoms with Crippen molar-refractivity contribution in [3.63, 3.8) is 0 Å². The van der Waals surface area contributed by atoms with Gasteiger partial charge in [0, 0.05) is 8.41 Å². The summed E-state index contributed by atoms with van der Waals surface area (Å²) >= 11 is 0. The molecule has 0 aliphatic heterocycles. The van der Waals surface area contributed by atoms with Gasteiger partial charge in [-0.05, 0) is 10.2 Å². The molecule has 4 heteroatoms. The maximum Gasteiger partial charge on any atom is 0 e. The second-order valence-corrected chi connectivity index (χ2v) is 0. The fourth-order valence-corrected chi connectivity index (χ4v) is 0. The second-order valence-electron chi connectivity index (χ2n) is 0. The van der Waals surface area contributed by atoms with E-state index in [1.807, 2.05) is 0 Å². The van der Waals surface area contributed by atoms with Crippen molar-refractivity contribution < 1.29 is 0 Å². The molecule has 0 heterocycles. The molecule has 0 atom stereocenters. The van der Waals surface area contributed by atoms with Crippen molar-refractivity contribution in [1.29, 1.82) is 0 Å². The van der Waals surface area contributed by atoms with E-state index in [2.05, 4.69) is 6.55 Å². The summed E-state index contributed by atoms with van der Waals surface area (Å²) in [4.78, 5) is 0. The number of hydrogen-bond acceptors (Lipinski definition) is 2. The van der Waals surface area contributed by atoms with Crippen molar-refractivity contribution in [2.24, 2.45) is 0 Å². The average Bonchev–Trinajstić information content (AvgIpc) is 1.00. The van der Waals surface area contributed by atoms with Crippen LogP contribution in [-0.2, 0) is 0 Å². The predicted molar refractivity (Wildman–Crippen MR) is 31.6 cm³/mol. The molecule has 0 aromatic carbocycles. The smallest absolute Gasteiger partial charge is 0 e. The Hall–Kier alpha value is 0.202. The van der Waals surface area contributed by atoms with Gasteiger partial charge in [-0.15, -0.1) is 0 Å². The van der Waals surface area contributed by atoms with Gasteiger partial charge in [0.2, 0.25) is 0 Å². The van der Waals surface area contributed by atoms with E-state index in [-0.39, 0.29) is 20.7 Å². The van der Waals surface area contributed by atoms with Gasteiger partial charge in [0.25, 0.3) is 0 Å². The van der Waals surface area contributed by atoms with Crippen LogP contribution in [0.3, 0.4) is 0 Å². The van der Waals surface area contributed by atoms with Crippen molar-refractivity contribution in [2.45, 2.75) is 6.55 Å². The lowest BCUT2D eigenvalue weighted by molar-refractivity contribution is 2.13. The highest BCUT2D eigenvalue weighted by Crippen LogP contribution is 0.960. The van der Waals surface area contributed by atoms with E-state index in [0.29, 0.717) is 0 Å². The van der Waals surface area contributed by atoms with Crippen molar-refractivity contribution >= 4 is 18.7 Å². The van der Waals surface area contributed by atoms with Crippen LogP contribution >= 0.6 is 0 Å². The molecule has 0 saturated carbocycles. The van der Waals surface area contributed by atoms with Crippen molar-refractivity contribution in [3.8, 4) is 0 Å². The zero-order valence-electron chi connectivity index (χ0n) is 3.99. The van der Waals surface area contributed by atoms with Crippen molar-refractivity contribution in [2.75, 3.05) is 0 Å². The van der Waals surface area contributed by atoms with Crippen LogP contribution in [0.5, 0.6) is 0 Å². The topological polar surface area (TPSA) is 70.0 Å². The van der Waals surface area contributed by atoms with E-state index in [9.17, 15) is 0 Å². The van der Waals surface area contributed by atoms with Gasteiger partial charge in [0.15, 0.2) is 0 Å². The highest BCUT2D eigenvalue weighted by Gasteiger charge is 0.962. The highest BCUT2D eigenvalue weighted by molar-refractivity contribution is 6.05. The third-order valence-electron chi connectivity index (χ3n) is 0. The number of hydrogen-bond donors (Lipinski definition) is 2. The molecule has 0 aliphatic rings. The lowest BCUT2D eigenvalue weighted by Crippen LogP contribution is -1.13. The Labute approximate surface area is 38.5 Å². The summed E-state index contributed by atoms with van der Waals surface area (Å²) in [5.41, 5.74) is 0. The Bertz CT molecular complexity index is 9.61. The minimum absolute atomic E-state index is 0. The average molecular weight is 91.0 g/mol. The first kappa shape index (κ1) is 63.6. The molecule has 3 radical (unpaired) electrons. The Balaban J connectivity index is -0.00000000167. The molecule has 2 nitrogen and oxygen atoms in total. The largest absolute Gasteiger partial charge is 0.344 e. The summed E-state index contributed by atoms with van der Waals surface area (Å²) < 4.78 is 0. The van der Waals surface area contributed by atoms with Gasteiger partial charge in [-0.1, -0.05) is 6.55 Å². The van der Waals surface area contributed by atoms with Crippen LogP contribution < -0.4 is 12.3 Å². The molecule has 0 aromatic heterocycles.